The first-order valence-electron chi connectivity index (χ1n) is 12.9. The summed E-state index contributed by atoms with van der Waals surface area (Å²) in [7, 11) is 5.87. The van der Waals surface area contributed by atoms with E-state index in [0.717, 1.165) is 0 Å². The molecule has 2 heterocycles. The van der Waals surface area contributed by atoms with Crippen LogP contribution in [-0.2, 0) is 34.8 Å². The first-order chi connectivity index (χ1) is 20.3. The van der Waals surface area contributed by atoms with E-state index in [-0.39, 0.29) is 39.6 Å². The van der Waals surface area contributed by atoms with E-state index in [9.17, 15) is 25.1 Å². The van der Waals surface area contributed by atoms with Crippen molar-refractivity contribution in [1.29, 1.82) is 5.26 Å². The molecule has 43 heavy (non-hydrogen) atoms. The smallest absolute Gasteiger partial charge is 0.262 e. The molecule has 0 atom stereocenters. The number of benzene rings is 2. The summed E-state index contributed by atoms with van der Waals surface area (Å²) < 4.78 is 17.3. The summed E-state index contributed by atoms with van der Waals surface area (Å²) in [6.45, 7) is 2.08. The summed E-state index contributed by atoms with van der Waals surface area (Å²) in [5.74, 6) is -1.69. The predicted octanol–water partition coefficient (Wildman–Crippen LogP) is 4.42. The third-order valence-electron chi connectivity index (χ3n) is 7.09. The van der Waals surface area contributed by atoms with Gasteiger partial charge in [-0.15, -0.1) is 0 Å². The fraction of sp³-hybridized carbons (Fsp3) is 0.276. The molecule has 2 N–H and O–H groups in total. The fourth-order valence-electron chi connectivity index (χ4n) is 4.76. The Bertz CT molecular complexity index is 1950. The zero-order valence-corrected chi connectivity index (χ0v) is 27.1. The summed E-state index contributed by atoms with van der Waals surface area (Å²) in [4.78, 5) is 27.4. The van der Waals surface area contributed by atoms with E-state index < -0.39 is 28.8 Å². The average molecular weight is 687 g/mol. The van der Waals surface area contributed by atoms with Gasteiger partial charge < -0.3 is 19.7 Å². The van der Waals surface area contributed by atoms with Crippen LogP contribution < -0.4 is 20.6 Å². The number of hydrogen-bond donors (Lipinski definition) is 2. The third kappa shape index (κ3) is 5.63. The van der Waals surface area contributed by atoms with Crippen molar-refractivity contribution in [2.45, 2.75) is 19.4 Å². The van der Waals surface area contributed by atoms with Gasteiger partial charge in [0.15, 0.2) is 21.0 Å². The maximum atomic E-state index is 13.7. The minimum Gasteiger partial charge on any atom is -0.494 e. The SMILES string of the molecule is CCOc1cc(C(c2c(O)n(C)c(=S)n(C)c2=O)c2c(O)n(C)c(=S)n(C)c2=O)cc(Br)c1OCc1ccccc1C#N. The van der Waals surface area contributed by atoms with Gasteiger partial charge in [-0.25, -0.2) is 0 Å². The highest BCUT2D eigenvalue weighted by atomic mass is 79.9. The Morgan fingerprint density at radius 3 is 1.95 bits per heavy atom. The highest BCUT2D eigenvalue weighted by Gasteiger charge is 2.33. The van der Waals surface area contributed by atoms with Crippen molar-refractivity contribution in [3.63, 3.8) is 0 Å². The number of aromatic hydroxyl groups is 2. The van der Waals surface area contributed by atoms with E-state index in [4.69, 9.17) is 33.9 Å². The van der Waals surface area contributed by atoms with Crippen LogP contribution in [0.1, 0.15) is 40.7 Å². The van der Waals surface area contributed by atoms with E-state index in [0.29, 0.717) is 26.9 Å². The molecule has 0 spiro atoms. The molecule has 0 aliphatic heterocycles. The number of aromatic nitrogens is 4. The van der Waals surface area contributed by atoms with Crippen molar-refractivity contribution in [3.05, 3.63) is 98.9 Å². The molecule has 14 heteroatoms. The van der Waals surface area contributed by atoms with Gasteiger partial charge in [0.05, 0.1) is 39.8 Å². The minimum absolute atomic E-state index is 0.0474. The predicted molar refractivity (Wildman–Crippen MR) is 168 cm³/mol. The standard InChI is InChI=1S/C29H28BrN5O6S2/c1-6-40-19-12-17(11-18(30)23(19)41-14-16-10-8-7-9-15(16)13-31)20(21-24(36)32(2)28(42)33(3)25(21)37)22-26(38)34(4)29(43)35(5)27(22)39/h7-12,20,36,38H,6,14H2,1-5H3. The molecule has 0 saturated heterocycles. The van der Waals surface area contributed by atoms with Crippen LogP contribution in [0.15, 0.2) is 50.5 Å². The zero-order valence-electron chi connectivity index (χ0n) is 23.9. The van der Waals surface area contributed by atoms with Gasteiger partial charge in [0.25, 0.3) is 11.1 Å². The summed E-state index contributed by atoms with van der Waals surface area (Å²) in [6, 6.07) is 12.4. The first kappa shape index (κ1) is 31.7. The molecule has 0 saturated carbocycles. The molecule has 4 rings (SSSR count). The number of nitrogens with zero attached hydrogens (tertiary/aromatic N) is 5. The number of ether oxygens (including phenoxy) is 2. The minimum atomic E-state index is -1.30. The van der Waals surface area contributed by atoms with Crippen molar-refractivity contribution in [1.82, 2.24) is 18.3 Å². The lowest BCUT2D eigenvalue weighted by atomic mass is 9.86. The Labute approximate surface area is 265 Å². The van der Waals surface area contributed by atoms with Gasteiger partial charge in [-0.1, -0.05) is 18.2 Å². The molecule has 0 bridgehead atoms. The summed E-state index contributed by atoms with van der Waals surface area (Å²) in [6.07, 6.45) is 0. The molecular weight excluding hydrogens is 658 g/mol. The van der Waals surface area contributed by atoms with Crippen molar-refractivity contribution in [3.8, 4) is 29.3 Å². The first-order valence-corrected chi connectivity index (χ1v) is 14.5. The molecule has 0 unspecified atom stereocenters. The Morgan fingerprint density at radius 2 is 1.44 bits per heavy atom. The van der Waals surface area contributed by atoms with Crippen LogP contribution in [0.4, 0.5) is 0 Å². The number of nitriles is 1. The van der Waals surface area contributed by atoms with Crippen LogP contribution in [0.3, 0.4) is 0 Å². The van der Waals surface area contributed by atoms with E-state index in [1.165, 1.54) is 46.5 Å². The fourth-order valence-corrected chi connectivity index (χ4v) is 5.68. The maximum absolute atomic E-state index is 13.7. The van der Waals surface area contributed by atoms with Gasteiger partial charge in [-0.2, -0.15) is 5.26 Å². The van der Waals surface area contributed by atoms with E-state index >= 15 is 0 Å². The van der Waals surface area contributed by atoms with Gasteiger partial charge in [0, 0.05) is 33.8 Å². The summed E-state index contributed by atoms with van der Waals surface area (Å²) in [5, 5.41) is 32.0. The second-order valence-corrected chi connectivity index (χ2v) is 11.2. The van der Waals surface area contributed by atoms with Gasteiger partial charge in [0.2, 0.25) is 11.8 Å². The Kier molecular flexibility index (Phi) is 9.29. The second kappa shape index (κ2) is 12.6. The van der Waals surface area contributed by atoms with Gasteiger partial charge >= 0.3 is 0 Å². The highest BCUT2D eigenvalue weighted by molar-refractivity contribution is 9.10. The lowest BCUT2D eigenvalue weighted by molar-refractivity contribution is 0.267. The summed E-state index contributed by atoms with van der Waals surface area (Å²) in [5.41, 5.74) is -0.296. The second-order valence-electron chi connectivity index (χ2n) is 9.64. The zero-order chi connectivity index (χ0) is 31.7. The lowest BCUT2D eigenvalue weighted by Crippen LogP contribution is -2.33. The Morgan fingerprint density at radius 1 is 0.907 bits per heavy atom. The molecular formula is C29H28BrN5O6S2. The maximum Gasteiger partial charge on any atom is 0.262 e. The highest BCUT2D eigenvalue weighted by Crippen LogP contribution is 2.44. The lowest BCUT2D eigenvalue weighted by Gasteiger charge is -2.24. The molecule has 4 aromatic rings. The van der Waals surface area contributed by atoms with Gasteiger partial charge in [-0.3, -0.25) is 27.9 Å². The topological polar surface area (TPSA) is 137 Å². The quantitative estimate of drug-likeness (QED) is 0.258. The molecule has 0 radical (unpaired) electrons. The van der Waals surface area contributed by atoms with Gasteiger partial charge in [-0.05, 0) is 71.1 Å². The normalized spacial score (nSPS) is 11.0. The number of rotatable bonds is 8. The monoisotopic (exact) mass is 685 g/mol. The molecule has 0 aliphatic rings. The van der Waals surface area contributed by atoms with Crippen molar-refractivity contribution >= 4 is 40.4 Å². The number of hydrogen-bond acceptors (Lipinski definition) is 9. The molecule has 11 nitrogen and oxygen atoms in total. The van der Waals surface area contributed by atoms with Crippen molar-refractivity contribution < 1.29 is 19.7 Å². The van der Waals surface area contributed by atoms with Crippen LogP contribution in [0.25, 0.3) is 0 Å². The van der Waals surface area contributed by atoms with E-state index in [1.54, 1.807) is 43.3 Å². The van der Waals surface area contributed by atoms with Crippen molar-refractivity contribution in [2.75, 3.05) is 6.61 Å². The van der Waals surface area contributed by atoms with Crippen LogP contribution >= 0.6 is 40.4 Å². The van der Waals surface area contributed by atoms with Crippen LogP contribution in [0.2, 0.25) is 0 Å². The molecule has 0 aliphatic carbocycles. The molecule has 0 amide bonds. The van der Waals surface area contributed by atoms with Crippen LogP contribution in [0, 0.1) is 20.9 Å². The van der Waals surface area contributed by atoms with E-state index in [2.05, 4.69) is 22.0 Å². The molecule has 2 aromatic heterocycles. The van der Waals surface area contributed by atoms with Gasteiger partial charge in [0.1, 0.15) is 6.61 Å². The average Bonchev–Trinajstić information content (AvgIpc) is 3.00. The van der Waals surface area contributed by atoms with Crippen LogP contribution in [0.5, 0.6) is 23.3 Å². The molecule has 2 aromatic carbocycles. The molecule has 224 valence electrons. The largest absolute Gasteiger partial charge is 0.494 e. The summed E-state index contributed by atoms with van der Waals surface area (Å²) >= 11 is 14.2. The van der Waals surface area contributed by atoms with E-state index in [1.807, 2.05) is 0 Å². The third-order valence-corrected chi connectivity index (χ3v) is 8.77. The van der Waals surface area contributed by atoms with Crippen molar-refractivity contribution in [2.24, 2.45) is 28.2 Å². The van der Waals surface area contributed by atoms with Crippen LogP contribution in [-0.4, -0.2) is 35.1 Å². The number of halogens is 1. The Hall–Kier alpha value is -4.19. The molecule has 0 fully saturated rings. The Balaban J connectivity index is 2.05.